The molecule has 0 amide bonds. The molecule has 3 fully saturated rings. The Bertz CT molecular complexity index is 1680. The van der Waals surface area contributed by atoms with Gasteiger partial charge in [0.05, 0.1) is 23.8 Å². The molecule has 42 heavy (non-hydrogen) atoms. The molecule has 1 N–H and O–H groups in total. The van der Waals surface area contributed by atoms with Crippen molar-refractivity contribution in [2.45, 2.75) is 44.4 Å². The lowest BCUT2D eigenvalue weighted by molar-refractivity contribution is -0.138. The molecule has 4 unspecified atom stereocenters. The molecule has 218 valence electrons. The summed E-state index contributed by atoms with van der Waals surface area (Å²) in [5.74, 6) is -1.28. The van der Waals surface area contributed by atoms with Crippen LogP contribution in [0.1, 0.15) is 50.1 Å². The van der Waals surface area contributed by atoms with Crippen LogP contribution in [-0.2, 0) is 9.53 Å². The first-order chi connectivity index (χ1) is 20.4. The Morgan fingerprint density at radius 3 is 2.50 bits per heavy atom. The van der Waals surface area contributed by atoms with Crippen molar-refractivity contribution in [3.63, 3.8) is 0 Å². The number of hydrogen-bond donors (Lipinski definition) is 1. The standard InChI is InChI=1S/C33H32F2N2O5/c1-40-16-42-22-11-19-4-2-3-5-23(19)25(13-22)28-27(34)14-26-30(20-9-17-6-7-18(8-17)10-20)36-33(37-31(26)29(28)35)41-15-21-12-24(21)32(38)39/h2-5,11,13-14,17-18,20-21,24H,6-10,12,15-16H2,1H3,(H,38,39). The number of rotatable bonds is 9. The number of aliphatic carboxylic acids is 1. The van der Waals surface area contributed by atoms with Gasteiger partial charge in [0.1, 0.15) is 17.1 Å². The highest BCUT2D eigenvalue weighted by atomic mass is 19.1. The predicted molar refractivity (Wildman–Crippen MR) is 152 cm³/mol. The van der Waals surface area contributed by atoms with Crippen LogP contribution in [0.3, 0.4) is 0 Å². The van der Waals surface area contributed by atoms with Crippen LogP contribution in [0.15, 0.2) is 42.5 Å². The van der Waals surface area contributed by atoms with Gasteiger partial charge in [0.25, 0.3) is 0 Å². The molecule has 7 rings (SSSR count). The SMILES string of the molecule is COCOc1cc(-c2c(F)cc3c(C4CC5CCC(C5)C4)nc(OCC4CC4C(=O)O)nc3c2F)c2ccccc2c1. The summed E-state index contributed by atoms with van der Waals surface area (Å²) in [6, 6.07) is 12.2. The molecule has 3 aliphatic carbocycles. The molecule has 0 aliphatic heterocycles. The van der Waals surface area contributed by atoms with Gasteiger partial charge in [-0.1, -0.05) is 37.1 Å². The third-order valence-electron chi connectivity index (χ3n) is 9.28. The van der Waals surface area contributed by atoms with Crippen LogP contribution in [0.25, 0.3) is 32.8 Å². The molecule has 9 heteroatoms. The number of carboxylic acids is 1. The van der Waals surface area contributed by atoms with Gasteiger partial charge in [-0.3, -0.25) is 4.79 Å². The smallest absolute Gasteiger partial charge is 0.317 e. The first-order valence-electron chi connectivity index (χ1n) is 14.6. The summed E-state index contributed by atoms with van der Waals surface area (Å²) in [7, 11) is 1.50. The van der Waals surface area contributed by atoms with Crippen molar-refractivity contribution in [3.05, 3.63) is 59.8 Å². The summed E-state index contributed by atoms with van der Waals surface area (Å²) in [6.45, 7) is 0.127. The second-order valence-corrected chi connectivity index (χ2v) is 12.0. The molecule has 3 saturated carbocycles. The van der Waals surface area contributed by atoms with E-state index in [0.717, 1.165) is 18.2 Å². The van der Waals surface area contributed by atoms with Crippen molar-refractivity contribution < 1.29 is 32.9 Å². The van der Waals surface area contributed by atoms with Crippen LogP contribution in [0.5, 0.6) is 11.8 Å². The topological polar surface area (TPSA) is 90.8 Å². The number of hydrogen-bond acceptors (Lipinski definition) is 6. The second-order valence-electron chi connectivity index (χ2n) is 12.0. The van der Waals surface area contributed by atoms with E-state index in [9.17, 15) is 9.90 Å². The van der Waals surface area contributed by atoms with E-state index >= 15 is 8.78 Å². The molecule has 1 heterocycles. The van der Waals surface area contributed by atoms with Gasteiger partial charge in [-0.15, -0.1) is 0 Å². The summed E-state index contributed by atoms with van der Waals surface area (Å²) in [5.41, 5.74) is 0.761. The minimum absolute atomic E-state index is 0.00203. The molecule has 3 aromatic carbocycles. The molecular formula is C33H32F2N2O5. The lowest BCUT2D eigenvalue weighted by Crippen LogP contribution is -2.17. The van der Waals surface area contributed by atoms with E-state index in [4.69, 9.17) is 19.2 Å². The van der Waals surface area contributed by atoms with Gasteiger partial charge in [-0.05, 0) is 72.1 Å². The zero-order valence-electron chi connectivity index (χ0n) is 23.3. The Balaban J connectivity index is 1.37. The van der Waals surface area contributed by atoms with Gasteiger partial charge >= 0.3 is 12.0 Å². The van der Waals surface area contributed by atoms with Gasteiger partial charge in [0.2, 0.25) is 0 Å². The fourth-order valence-corrected chi connectivity index (χ4v) is 7.17. The fourth-order valence-electron chi connectivity index (χ4n) is 7.17. The monoisotopic (exact) mass is 574 g/mol. The lowest BCUT2D eigenvalue weighted by atomic mass is 9.78. The molecule has 3 aliphatic rings. The Labute approximate surface area is 241 Å². The molecule has 2 bridgehead atoms. The van der Waals surface area contributed by atoms with E-state index in [1.165, 1.54) is 32.4 Å². The molecule has 4 atom stereocenters. The summed E-state index contributed by atoms with van der Waals surface area (Å²) in [4.78, 5) is 20.5. The fraction of sp³-hybridized carbons (Fsp3) is 0.424. The maximum Gasteiger partial charge on any atom is 0.317 e. The second kappa shape index (κ2) is 10.8. The zero-order valence-corrected chi connectivity index (χ0v) is 23.3. The summed E-state index contributed by atoms with van der Waals surface area (Å²) < 4.78 is 49.4. The van der Waals surface area contributed by atoms with E-state index < -0.39 is 23.5 Å². The highest BCUT2D eigenvalue weighted by molar-refractivity contribution is 6.00. The van der Waals surface area contributed by atoms with Crippen molar-refractivity contribution in [1.29, 1.82) is 0 Å². The summed E-state index contributed by atoms with van der Waals surface area (Å²) in [5, 5.41) is 11.1. The van der Waals surface area contributed by atoms with E-state index in [1.54, 1.807) is 12.1 Å². The highest BCUT2D eigenvalue weighted by Crippen LogP contribution is 2.50. The van der Waals surface area contributed by atoms with Crippen molar-refractivity contribution in [3.8, 4) is 22.9 Å². The van der Waals surface area contributed by atoms with Gasteiger partial charge in [-0.25, -0.2) is 8.78 Å². The van der Waals surface area contributed by atoms with Crippen LogP contribution in [0, 0.1) is 35.3 Å². The van der Waals surface area contributed by atoms with Crippen LogP contribution in [0.2, 0.25) is 0 Å². The number of fused-ring (bicyclic) bond motifs is 4. The van der Waals surface area contributed by atoms with E-state index in [2.05, 4.69) is 4.98 Å². The van der Waals surface area contributed by atoms with E-state index in [1.807, 2.05) is 24.3 Å². The number of carboxylic acid groups (broad SMARTS) is 1. The quantitative estimate of drug-likeness (QED) is 0.213. The molecule has 0 spiro atoms. The third kappa shape index (κ3) is 4.93. The Morgan fingerprint density at radius 2 is 1.76 bits per heavy atom. The molecule has 0 saturated heterocycles. The van der Waals surface area contributed by atoms with Gasteiger partial charge < -0.3 is 19.3 Å². The number of nitrogens with zero attached hydrogens (tertiary/aromatic N) is 2. The van der Waals surface area contributed by atoms with Crippen molar-refractivity contribution in [1.82, 2.24) is 9.97 Å². The molecular weight excluding hydrogens is 542 g/mol. The number of carbonyl (C=O) groups is 1. The number of halogens is 2. The number of methoxy groups -OCH3 is 1. The Kier molecular flexibility index (Phi) is 6.92. The molecule has 4 aromatic rings. The van der Waals surface area contributed by atoms with Crippen LogP contribution in [0.4, 0.5) is 8.78 Å². The number of aromatic nitrogens is 2. The van der Waals surface area contributed by atoms with Gasteiger partial charge in [0.15, 0.2) is 12.6 Å². The average molecular weight is 575 g/mol. The minimum Gasteiger partial charge on any atom is -0.481 e. The maximum absolute atomic E-state index is 16.7. The first-order valence-corrected chi connectivity index (χ1v) is 14.6. The predicted octanol–water partition coefficient (Wildman–Crippen LogP) is 7.10. The van der Waals surface area contributed by atoms with E-state index in [0.29, 0.717) is 46.0 Å². The highest BCUT2D eigenvalue weighted by Gasteiger charge is 2.44. The van der Waals surface area contributed by atoms with E-state index in [-0.39, 0.29) is 42.3 Å². The normalized spacial score (nSPS) is 24.7. The lowest BCUT2D eigenvalue weighted by Gasteiger charge is -2.28. The van der Waals surface area contributed by atoms with Crippen LogP contribution in [-0.4, -0.2) is 41.6 Å². The first kappa shape index (κ1) is 27.0. The van der Waals surface area contributed by atoms with Crippen molar-refractivity contribution >= 4 is 27.6 Å². The number of ether oxygens (including phenoxy) is 3. The average Bonchev–Trinajstić information content (AvgIpc) is 3.70. The Hall–Kier alpha value is -3.85. The molecule has 1 aromatic heterocycles. The summed E-state index contributed by atoms with van der Waals surface area (Å²) >= 11 is 0. The largest absolute Gasteiger partial charge is 0.481 e. The van der Waals surface area contributed by atoms with Crippen LogP contribution >= 0.6 is 0 Å². The zero-order chi connectivity index (χ0) is 29.0. The maximum atomic E-state index is 16.7. The minimum atomic E-state index is -0.850. The summed E-state index contributed by atoms with van der Waals surface area (Å²) in [6.07, 6.45) is 5.91. The molecule has 0 radical (unpaired) electrons. The van der Waals surface area contributed by atoms with Gasteiger partial charge in [-0.2, -0.15) is 9.97 Å². The number of benzene rings is 3. The Morgan fingerprint density at radius 1 is 0.976 bits per heavy atom. The van der Waals surface area contributed by atoms with Crippen molar-refractivity contribution in [2.24, 2.45) is 23.7 Å². The third-order valence-corrected chi connectivity index (χ3v) is 9.28. The van der Waals surface area contributed by atoms with Crippen molar-refractivity contribution in [2.75, 3.05) is 20.5 Å². The van der Waals surface area contributed by atoms with Gasteiger partial charge in [0, 0.05) is 24.3 Å². The molecule has 7 nitrogen and oxygen atoms in total. The van der Waals surface area contributed by atoms with Crippen LogP contribution < -0.4 is 9.47 Å².